The number of hydrogen-bond donors (Lipinski definition) is 0. The summed E-state index contributed by atoms with van der Waals surface area (Å²) in [7, 11) is -1.24. The maximum atomic E-state index is 15.0. The molecule has 1 aromatic heterocycles. The minimum atomic E-state index is -2.83. The molecule has 6 rings (SSSR count). The van der Waals surface area contributed by atoms with E-state index >= 15 is 8.63 Å². The zero-order valence-corrected chi connectivity index (χ0v) is 24.2. The maximum Gasteiger partial charge on any atom is 0.679 e. The highest BCUT2D eigenvalue weighted by Gasteiger charge is 2.30. The van der Waals surface area contributed by atoms with Gasteiger partial charge in [0.25, 0.3) is 0 Å². The summed E-state index contributed by atoms with van der Waals surface area (Å²) in [6.45, 7) is 4.30. The molecule has 0 saturated carbocycles. The van der Waals surface area contributed by atoms with Crippen molar-refractivity contribution < 1.29 is 13.4 Å². The number of amidine groups is 1. The highest BCUT2D eigenvalue weighted by atomic mass is 19.2. The zero-order valence-electron chi connectivity index (χ0n) is 24.2. The van der Waals surface area contributed by atoms with Crippen LogP contribution in [-0.4, -0.2) is 30.5 Å². The zero-order chi connectivity index (χ0) is 29.9. The van der Waals surface area contributed by atoms with Crippen LogP contribution in [0, 0.1) is 0 Å². The van der Waals surface area contributed by atoms with Crippen molar-refractivity contribution in [1.29, 1.82) is 0 Å². The van der Waals surface area contributed by atoms with Gasteiger partial charge in [0.2, 0.25) is 0 Å². The average Bonchev–Trinajstić information content (AvgIpc) is 3.64. The lowest BCUT2D eigenvalue weighted by molar-refractivity contribution is 0.415. The van der Waals surface area contributed by atoms with E-state index < -0.39 is 7.40 Å². The van der Waals surface area contributed by atoms with Crippen LogP contribution >= 0.6 is 0 Å². The number of hydrogen-bond acceptors (Lipinski definition) is 2. The quantitative estimate of drug-likeness (QED) is 0.172. The Morgan fingerprint density at radius 2 is 1.35 bits per heavy atom. The topological polar surface area (TPSA) is 38.9 Å². The molecule has 2 heterocycles. The fraction of sp³-hybridized carbons (Fsp3) is 0.111. The van der Waals surface area contributed by atoms with Crippen LogP contribution < -0.4 is 4.74 Å². The second-order valence-corrected chi connectivity index (χ2v) is 10.6. The molecular weight excluding hydrogens is 539 g/mol. The highest BCUT2D eigenvalue weighted by Crippen LogP contribution is 2.41. The minimum Gasteiger partial charge on any atom is -0.497 e. The van der Waals surface area contributed by atoms with Gasteiger partial charge in [-0.15, -0.1) is 0 Å². The third-order valence-corrected chi connectivity index (χ3v) is 7.59. The van der Waals surface area contributed by atoms with Crippen molar-refractivity contribution in [2.45, 2.75) is 19.8 Å². The fourth-order valence-corrected chi connectivity index (χ4v) is 5.25. The lowest BCUT2D eigenvalue weighted by Gasteiger charge is -2.11. The molecule has 212 valence electrons. The predicted octanol–water partition coefficient (Wildman–Crippen LogP) is 9.34. The maximum absolute atomic E-state index is 15.0. The third-order valence-electron chi connectivity index (χ3n) is 7.59. The van der Waals surface area contributed by atoms with Gasteiger partial charge in [0.15, 0.2) is 5.84 Å². The SMILES string of the molecule is COc1ccc(-c2cc(-c3ccccc3)n(B(F)F)c2/N=C2\N=C(c3ccccc3)C=C2c2ccc(C(C)C)cc2)cc1. The monoisotopic (exact) mass is 569 g/mol. The van der Waals surface area contributed by atoms with Gasteiger partial charge in [-0.3, -0.25) is 8.63 Å². The Kier molecular flexibility index (Phi) is 7.88. The van der Waals surface area contributed by atoms with Gasteiger partial charge in [0, 0.05) is 22.4 Å². The Balaban J connectivity index is 1.58. The summed E-state index contributed by atoms with van der Waals surface area (Å²) in [6, 6.07) is 36.4. The molecule has 0 unspecified atom stereocenters. The highest BCUT2D eigenvalue weighted by molar-refractivity contribution is 6.43. The van der Waals surface area contributed by atoms with Crippen molar-refractivity contribution in [2.24, 2.45) is 9.98 Å². The largest absolute Gasteiger partial charge is 0.679 e. The molecule has 4 aromatic carbocycles. The van der Waals surface area contributed by atoms with E-state index in [1.54, 1.807) is 13.2 Å². The number of methoxy groups -OCH3 is 1. The molecule has 5 aromatic rings. The second kappa shape index (κ2) is 12.1. The molecule has 7 heteroatoms. The van der Waals surface area contributed by atoms with Crippen molar-refractivity contribution in [1.82, 2.24) is 4.48 Å². The van der Waals surface area contributed by atoms with E-state index in [1.807, 2.05) is 103 Å². The molecule has 0 aliphatic carbocycles. The summed E-state index contributed by atoms with van der Waals surface area (Å²) in [6.07, 6.45) is 1.99. The van der Waals surface area contributed by atoms with Crippen molar-refractivity contribution in [2.75, 3.05) is 7.11 Å². The normalized spacial score (nSPS) is 13.8. The Morgan fingerprint density at radius 1 is 0.744 bits per heavy atom. The van der Waals surface area contributed by atoms with Gasteiger partial charge in [0.1, 0.15) is 11.6 Å². The molecule has 0 spiro atoms. The molecule has 4 nitrogen and oxygen atoms in total. The van der Waals surface area contributed by atoms with E-state index in [4.69, 9.17) is 14.7 Å². The smallest absolute Gasteiger partial charge is 0.497 e. The van der Waals surface area contributed by atoms with E-state index in [2.05, 4.69) is 26.0 Å². The van der Waals surface area contributed by atoms with Gasteiger partial charge in [-0.2, -0.15) is 0 Å². The summed E-state index contributed by atoms with van der Waals surface area (Å²) in [4.78, 5) is 9.86. The number of rotatable bonds is 8. The molecule has 0 atom stereocenters. The van der Waals surface area contributed by atoms with Crippen molar-refractivity contribution in [3.63, 3.8) is 0 Å². The Labute approximate surface area is 250 Å². The van der Waals surface area contributed by atoms with Crippen molar-refractivity contribution in [3.05, 3.63) is 138 Å². The number of halogens is 2. The first-order valence-electron chi connectivity index (χ1n) is 14.2. The first-order chi connectivity index (χ1) is 20.9. The molecule has 43 heavy (non-hydrogen) atoms. The van der Waals surface area contributed by atoms with Gasteiger partial charge in [-0.05, 0) is 52.4 Å². The van der Waals surface area contributed by atoms with Crippen LogP contribution in [0.2, 0.25) is 0 Å². The number of ether oxygens (including phenoxy) is 1. The lowest BCUT2D eigenvalue weighted by atomic mass is 9.98. The van der Waals surface area contributed by atoms with E-state index in [-0.39, 0.29) is 5.82 Å². The first kappa shape index (κ1) is 28.1. The molecule has 0 radical (unpaired) electrons. The second-order valence-electron chi connectivity index (χ2n) is 10.6. The Hall–Kier alpha value is -5.04. The van der Waals surface area contributed by atoms with Gasteiger partial charge < -0.3 is 9.21 Å². The van der Waals surface area contributed by atoms with Gasteiger partial charge in [-0.25, -0.2) is 9.98 Å². The number of allylic oxidation sites excluding steroid dienone is 1. The standard InChI is InChI=1S/C36H30BF2N3O/c1-24(2)25-14-16-26(17-15-25)31-22-33(28-10-6-4-7-11-28)40-35(31)41-36-32(27-18-20-30(43-3)21-19-27)23-34(42(36)37(38)39)29-12-8-5-9-13-29/h4-24H,1-3H3/b41-35-. The molecule has 0 amide bonds. The van der Waals surface area contributed by atoms with E-state index in [9.17, 15) is 0 Å². The first-order valence-corrected chi connectivity index (χ1v) is 14.2. The summed E-state index contributed by atoms with van der Waals surface area (Å²) in [5.41, 5.74) is 6.93. The molecular formula is C36H30BF2N3O. The van der Waals surface area contributed by atoms with Crippen LogP contribution in [-0.2, 0) is 0 Å². The van der Waals surface area contributed by atoms with Gasteiger partial charge in [0.05, 0.1) is 12.8 Å². The van der Waals surface area contributed by atoms with Crippen LogP contribution in [0.1, 0.15) is 36.5 Å². The van der Waals surface area contributed by atoms with Gasteiger partial charge >= 0.3 is 7.40 Å². The number of aromatic nitrogens is 1. The molecule has 1 aliphatic heterocycles. The number of aliphatic imine (C=N–C) groups is 2. The Morgan fingerprint density at radius 3 is 1.93 bits per heavy atom. The summed E-state index contributed by atoms with van der Waals surface area (Å²) in [5.74, 6) is 1.58. The van der Waals surface area contributed by atoms with E-state index in [0.717, 1.165) is 32.5 Å². The minimum absolute atomic E-state index is 0.136. The third kappa shape index (κ3) is 5.71. The fourth-order valence-electron chi connectivity index (χ4n) is 5.25. The van der Waals surface area contributed by atoms with E-state index in [0.29, 0.717) is 34.3 Å². The van der Waals surface area contributed by atoms with Crippen molar-refractivity contribution >= 4 is 30.3 Å². The number of nitrogens with zero attached hydrogens (tertiary/aromatic N) is 3. The molecule has 0 N–H and O–H groups in total. The summed E-state index contributed by atoms with van der Waals surface area (Å²) in [5, 5.41) is 0. The number of benzene rings is 4. The van der Waals surface area contributed by atoms with Crippen LogP contribution in [0.5, 0.6) is 5.75 Å². The van der Waals surface area contributed by atoms with Crippen LogP contribution in [0.15, 0.2) is 131 Å². The summed E-state index contributed by atoms with van der Waals surface area (Å²) >= 11 is 0. The molecule has 0 fully saturated rings. The van der Waals surface area contributed by atoms with Crippen molar-refractivity contribution in [3.8, 4) is 28.1 Å². The van der Waals surface area contributed by atoms with Crippen LogP contribution in [0.3, 0.4) is 0 Å². The lowest BCUT2D eigenvalue weighted by Crippen LogP contribution is -2.14. The predicted molar refractivity (Wildman–Crippen MR) is 174 cm³/mol. The van der Waals surface area contributed by atoms with E-state index in [1.165, 1.54) is 5.56 Å². The van der Waals surface area contributed by atoms with Crippen LogP contribution in [0.4, 0.5) is 14.4 Å². The Bertz CT molecular complexity index is 1820. The van der Waals surface area contributed by atoms with Gasteiger partial charge in [-0.1, -0.05) is 111 Å². The molecule has 1 aliphatic rings. The molecule has 0 saturated heterocycles. The average molecular weight is 569 g/mol. The molecule has 0 bridgehead atoms. The van der Waals surface area contributed by atoms with Crippen LogP contribution in [0.25, 0.3) is 28.0 Å². The summed E-state index contributed by atoms with van der Waals surface area (Å²) < 4.78 is 36.3.